The molecule has 1 amide bonds. The summed E-state index contributed by atoms with van der Waals surface area (Å²) in [4.78, 5) is 25.0. The molecule has 0 aromatic carbocycles. The minimum Gasteiger partial charge on any atom is -0.480 e. The molecule has 1 unspecified atom stereocenters. The van der Waals surface area contributed by atoms with E-state index in [0.29, 0.717) is 12.8 Å². The third kappa shape index (κ3) is 2.04. The molecular weight excluding hydrogens is 208 g/mol. The number of carboxylic acids is 1. The molecule has 5 nitrogen and oxygen atoms in total. The van der Waals surface area contributed by atoms with Crippen LogP contribution in [-0.4, -0.2) is 48.1 Å². The van der Waals surface area contributed by atoms with Crippen LogP contribution in [0.4, 0.5) is 0 Å². The van der Waals surface area contributed by atoms with Gasteiger partial charge in [-0.1, -0.05) is 0 Å². The molecule has 1 aliphatic heterocycles. The molecule has 16 heavy (non-hydrogen) atoms. The predicted molar refractivity (Wildman–Crippen MR) is 58.0 cm³/mol. The third-order valence-corrected chi connectivity index (χ3v) is 3.55. The first-order chi connectivity index (χ1) is 7.54. The van der Waals surface area contributed by atoms with Gasteiger partial charge in [-0.15, -0.1) is 0 Å². The zero-order valence-corrected chi connectivity index (χ0v) is 9.53. The van der Waals surface area contributed by atoms with Crippen LogP contribution in [0.15, 0.2) is 0 Å². The van der Waals surface area contributed by atoms with Gasteiger partial charge in [0, 0.05) is 12.6 Å². The zero-order chi connectivity index (χ0) is 11.8. The van der Waals surface area contributed by atoms with Crippen molar-refractivity contribution in [3.8, 4) is 0 Å². The summed E-state index contributed by atoms with van der Waals surface area (Å²) in [6.45, 7) is 1.87. The summed E-state index contributed by atoms with van der Waals surface area (Å²) in [6, 6.07) is 0.114. The smallest absolute Gasteiger partial charge is 0.319 e. The lowest BCUT2D eigenvalue weighted by Crippen LogP contribution is -2.49. The van der Waals surface area contributed by atoms with E-state index in [-0.39, 0.29) is 11.9 Å². The average molecular weight is 226 g/mol. The van der Waals surface area contributed by atoms with Gasteiger partial charge in [0.15, 0.2) is 0 Å². The van der Waals surface area contributed by atoms with E-state index >= 15 is 0 Å². The van der Waals surface area contributed by atoms with Gasteiger partial charge in [0.05, 0.1) is 0 Å². The highest BCUT2D eigenvalue weighted by Gasteiger charge is 2.57. The second-order valence-corrected chi connectivity index (χ2v) is 4.96. The number of aliphatic carboxylic acids is 1. The van der Waals surface area contributed by atoms with Crippen LogP contribution in [0.5, 0.6) is 0 Å². The molecule has 1 heterocycles. The van der Waals surface area contributed by atoms with Crippen molar-refractivity contribution in [2.45, 2.75) is 31.7 Å². The number of likely N-dealkylation sites (N-methyl/N-ethyl adjacent to an activating group) is 1. The van der Waals surface area contributed by atoms with E-state index in [1.54, 1.807) is 0 Å². The van der Waals surface area contributed by atoms with Crippen LogP contribution in [0.1, 0.15) is 25.7 Å². The van der Waals surface area contributed by atoms with Crippen molar-refractivity contribution in [2.24, 2.45) is 5.41 Å². The van der Waals surface area contributed by atoms with Crippen molar-refractivity contribution in [2.75, 3.05) is 20.1 Å². The third-order valence-electron chi connectivity index (χ3n) is 3.55. The van der Waals surface area contributed by atoms with E-state index in [9.17, 15) is 9.59 Å². The number of nitrogens with zero attached hydrogens (tertiary/aromatic N) is 1. The first kappa shape index (κ1) is 11.4. The maximum atomic E-state index is 11.8. The van der Waals surface area contributed by atoms with Crippen molar-refractivity contribution in [3.63, 3.8) is 0 Å². The Kier molecular flexibility index (Phi) is 2.88. The lowest BCUT2D eigenvalue weighted by Gasteiger charge is -2.30. The Morgan fingerprint density at radius 2 is 2.12 bits per heavy atom. The number of hydrogen-bond donors (Lipinski definition) is 2. The molecule has 2 aliphatic rings. The standard InChI is InChI=1S/C11H18N2O3/c1-13-6-2-3-8(7-13)12-9(14)11(4-5-11)10(15)16/h8H,2-7H2,1H3,(H,12,14)(H,15,16). The van der Waals surface area contributed by atoms with Crippen LogP contribution in [0, 0.1) is 5.41 Å². The maximum absolute atomic E-state index is 11.8. The van der Waals surface area contributed by atoms with Gasteiger partial charge in [0.2, 0.25) is 5.91 Å². The highest BCUT2D eigenvalue weighted by molar-refractivity contribution is 6.04. The summed E-state index contributed by atoms with van der Waals surface area (Å²) in [5.41, 5.74) is -1.10. The summed E-state index contributed by atoms with van der Waals surface area (Å²) in [5, 5.41) is 11.9. The van der Waals surface area contributed by atoms with Crippen LogP contribution in [-0.2, 0) is 9.59 Å². The highest BCUT2D eigenvalue weighted by atomic mass is 16.4. The fourth-order valence-electron chi connectivity index (χ4n) is 2.27. The van der Waals surface area contributed by atoms with E-state index in [0.717, 1.165) is 25.9 Å². The van der Waals surface area contributed by atoms with Gasteiger partial charge in [-0.05, 0) is 39.3 Å². The molecule has 90 valence electrons. The summed E-state index contributed by atoms with van der Waals surface area (Å²) < 4.78 is 0. The van der Waals surface area contributed by atoms with Gasteiger partial charge in [0.25, 0.3) is 0 Å². The monoisotopic (exact) mass is 226 g/mol. The average Bonchev–Trinajstić information content (AvgIpc) is 2.97. The first-order valence-corrected chi connectivity index (χ1v) is 5.77. The summed E-state index contributed by atoms with van der Waals surface area (Å²) >= 11 is 0. The number of piperidine rings is 1. The molecule has 0 aromatic heterocycles. The molecule has 0 aromatic rings. The molecule has 1 atom stereocenters. The topological polar surface area (TPSA) is 69.6 Å². The van der Waals surface area contributed by atoms with E-state index in [4.69, 9.17) is 5.11 Å². The van der Waals surface area contributed by atoms with Crippen molar-refractivity contribution in [1.29, 1.82) is 0 Å². The maximum Gasteiger partial charge on any atom is 0.319 e. The van der Waals surface area contributed by atoms with Gasteiger partial charge >= 0.3 is 5.97 Å². The van der Waals surface area contributed by atoms with Crippen LogP contribution < -0.4 is 5.32 Å². The second-order valence-electron chi connectivity index (χ2n) is 4.96. The number of carbonyl (C=O) groups is 2. The number of amides is 1. The number of hydrogen-bond acceptors (Lipinski definition) is 3. The Hall–Kier alpha value is -1.10. The van der Waals surface area contributed by atoms with E-state index in [1.807, 2.05) is 7.05 Å². The van der Waals surface area contributed by atoms with Crippen molar-refractivity contribution in [1.82, 2.24) is 10.2 Å². The Labute approximate surface area is 94.8 Å². The van der Waals surface area contributed by atoms with Gasteiger partial charge < -0.3 is 15.3 Å². The van der Waals surface area contributed by atoms with Crippen LogP contribution >= 0.6 is 0 Å². The first-order valence-electron chi connectivity index (χ1n) is 5.77. The van der Waals surface area contributed by atoms with Crippen LogP contribution in [0.25, 0.3) is 0 Å². The van der Waals surface area contributed by atoms with Crippen molar-refractivity contribution < 1.29 is 14.7 Å². The highest BCUT2D eigenvalue weighted by Crippen LogP contribution is 2.46. The van der Waals surface area contributed by atoms with Gasteiger partial charge in [-0.25, -0.2) is 0 Å². The summed E-state index contributed by atoms with van der Waals surface area (Å²) in [6.07, 6.45) is 2.97. The summed E-state index contributed by atoms with van der Waals surface area (Å²) in [7, 11) is 2.02. The van der Waals surface area contributed by atoms with Gasteiger partial charge in [0.1, 0.15) is 5.41 Å². The molecule has 1 saturated heterocycles. The molecule has 1 saturated carbocycles. The minimum absolute atomic E-state index is 0.114. The Morgan fingerprint density at radius 3 is 2.62 bits per heavy atom. The number of rotatable bonds is 3. The number of likely N-dealkylation sites (tertiary alicyclic amines) is 1. The number of carbonyl (C=O) groups excluding carboxylic acids is 1. The lowest BCUT2D eigenvalue weighted by molar-refractivity contribution is -0.149. The van der Waals surface area contributed by atoms with Gasteiger partial charge in [-0.3, -0.25) is 9.59 Å². The molecule has 2 fully saturated rings. The Balaban J connectivity index is 1.90. The molecule has 0 spiro atoms. The molecule has 1 aliphatic carbocycles. The van der Waals surface area contributed by atoms with E-state index in [2.05, 4.69) is 10.2 Å². The Bertz CT molecular complexity index is 312. The molecule has 0 radical (unpaired) electrons. The van der Waals surface area contributed by atoms with Crippen LogP contribution in [0.2, 0.25) is 0 Å². The molecule has 2 rings (SSSR count). The molecule has 0 bridgehead atoms. The Morgan fingerprint density at radius 1 is 1.44 bits per heavy atom. The number of nitrogens with one attached hydrogen (secondary N) is 1. The fraction of sp³-hybridized carbons (Fsp3) is 0.818. The zero-order valence-electron chi connectivity index (χ0n) is 9.53. The number of carboxylic acid groups (broad SMARTS) is 1. The largest absolute Gasteiger partial charge is 0.480 e. The quantitative estimate of drug-likeness (QED) is 0.668. The van der Waals surface area contributed by atoms with E-state index in [1.165, 1.54) is 0 Å². The normalized spacial score (nSPS) is 28.4. The van der Waals surface area contributed by atoms with Gasteiger partial charge in [-0.2, -0.15) is 0 Å². The minimum atomic E-state index is -1.10. The van der Waals surface area contributed by atoms with Crippen molar-refractivity contribution >= 4 is 11.9 Å². The molecule has 2 N–H and O–H groups in total. The lowest BCUT2D eigenvalue weighted by atomic mass is 10.0. The summed E-state index contributed by atoms with van der Waals surface area (Å²) in [5.74, 6) is -1.27. The SMILES string of the molecule is CN1CCCC(NC(=O)C2(C(=O)O)CC2)C1. The fourth-order valence-corrected chi connectivity index (χ4v) is 2.27. The predicted octanol–water partition coefficient (Wildman–Crippen LogP) is 0.0616. The molecule has 5 heteroatoms. The molecular formula is C11H18N2O3. The second kappa shape index (κ2) is 4.05. The van der Waals surface area contributed by atoms with E-state index < -0.39 is 11.4 Å². The van der Waals surface area contributed by atoms with Crippen LogP contribution in [0.3, 0.4) is 0 Å². The van der Waals surface area contributed by atoms with Crippen molar-refractivity contribution in [3.05, 3.63) is 0 Å².